The van der Waals surface area contributed by atoms with Crippen LogP contribution in [0.4, 0.5) is 14.5 Å². The van der Waals surface area contributed by atoms with E-state index in [4.69, 9.17) is 10.5 Å². The summed E-state index contributed by atoms with van der Waals surface area (Å²) in [5, 5.41) is 4.65. The van der Waals surface area contributed by atoms with E-state index in [0.29, 0.717) is 29.9 Å². The molecule has 2 aliphatic rings. The minimum absolute atomic E-state index is 0.00295. The number of methoxy groups -OCH3 is 1. The molecule has 11 heteroatoms. The first kappa shape index (κ1) is 30.1. The summed E-state index contributed by atoms with van der Waals surface area (Å²) >= 11 is 0. The molecule has 1 aliphatic heterocycles. The number of likely N-dealkylation sites (N-methyl/N-ethyl adjacent to an activating group) is 1. The van der Waals surface area contributed by atoms with E-state index in [1.165, 1.54) is 12.1 Å². The number of nitrogens with zero attached hydrogens (tertiary/aromatic N) is 6. The Balaban J connectivity index is 1.30. The van der Waals surface area contributed by atoms with Gasteiger partial charge in [-0.05, 0) is 54.7 Å². The maximum Gasteiger partial charge on any atom is 0.219 e. The number of amides is 1. The van der Waals surface area contributed by atoms with Gasteiger partial charge in [0.05, 0.1) is 34.6 Å². The third kappa shape index (κ3) is 5.32. The molecule has 0 spiro atoms. The van der Waals surface area contributed by atoms with Crippen molar-refractivity contribution in [2.75, 3.05) is 32.1 Å². The Morgan fingerprint density at radius 3 is 2.52 bits per heavy atom. The van der Waals surface area contributed by atoms with Gasteiger partial charge < -0.3 is 20.3 Å². The molecule has 1 amide bonds. The van der Waals surface area contributed by atoms with Gasteiger partial charge in [0.2, 0.25) is 5.91 Å². The van der Waals surface area contributed by atoms with E-state index in [1.807, 2.05) is 6.07 Å². The molecule has 0 radical (unpaired) electrons. The van der Waals surface area contributed by atoms with Gasteiger partial charge in [0.25, 0.3) is 0 Å². The van der Waals surface area contributed by atoms with E-state index in [0.717, 1.165) is 43.5 Å². The van der Waals surface area contributed by atoms with Crippen LogP contribution in [-0.2, 0) is 21.6 Å². The van der Waals surface area contributed by atoms with Crippen LogP contribution >= 0.6 is 0 Å². The number of benzene rings is 1. The minimum atomic E-state index is -0.671. The number of rotatable bonds is 7. The van der Waals surface area contributed by atoms with Gasteiger partial charge in [0.15, 0.2) is 0 Å². The fraction of sp³-hybridized carbons (Fsp3) is 0.455. The number of imidazole rings is 1. The maximum atomic E-state index is 15.6. The Hall–Kier alpha value is -3.96. The molecular formula is C33H39F2N7O2. The van der Waals surface area contributed by atoms with E-state index < -0.39 is 17.2 Å². The molecule has 9 nitrogen and oxygen atoms in total. The number of aromatic nitrogens is 4. The summed E-state index contributed by atoms with van der Waals surface area (Å²) in [6, 6.07) is 7.83. The molecule has 44 heavy (non-hydrogen) atoms. The molecule has 1 saturated heterocycles. The van der Waals surface area contributed by atoms with Crippen molar-refractivity contribution in [2.45, 2.75) is 63.6 Å². The van der Waals surface area contributed by atoms with E-state index >= 15 is 8.78 Å². The van der Waals surface area contributed by atoms with Crippen LogP contribution in [0.2, 0.25) is 0 Å². The number of piperidine rings is 1. The average Bonchev–Trinajstić information content (AvgIpc) is 3.65. The fourth-order valence-corrected chi connectivity index (χ4v) is 7.25. The first-order valence-corrected chi connectivity index (χ1v) is 15.2. The van der Waals surface area contributed by atoms with Crippen molar-refractivity contribution >= 4 is 17.1 Å². The number of pyridine rings is 1. The van der Waals surface area contributed by atoms with E-state index in [9.17, 15) is 4.79 Å². The van der Waals surface area contributed by atoms with Gasteiger partial charge in [0, 0.05) is 70.3 Å². The highest BCUT2D eigenvalue weighted by Crippen LogP contribution is 2.43. The molecule has 0 bridgehead atoms. The number of anilines is 1. The standard InChI is InChI=1S/C33H39F2N7O2/c1-20-18-41(19-27(36)32(20)40(3)21(2)43)29-9-12-37-16-22(29)13-30-38-17-24-7-8-28(39-42(24)30)31-25(34)14-23(15-26(31)35)33(44-4)10-5-6-11-33/h7-9,12,14-17,20,27,32H,5-6,10-11,13,18-19,36H2,1-4H3/t20-,27+,32-/m0/s1. The lowest BCUT2D eigenvalue weighted by molar-refractivity contribution is -0.131. The first-order chi connectivity index (χ1) is 21.1. The van der Waals surface area contributed by atoms with Gasteiger partial charge in [-0.25, -0.2) is 18.3 Å². The first-order valence-electron chi connectivity index (χ1n) is 15.2. The highest BCUT2D eigenvalue weighted by Gasteiger charge is 2.38. The molecule has 4 heterocycles. The summed E-state index contributed by atoms with van der Waals surface area (Å²) in [5.41, 5.74) is 9.09. The molecule has 3 atom stereocenters. The van der Waals surface area contributed by atoms with E-state index in [1.54, 1.807) is 61.2 Å². The zero-order chi connectivity index (χ0) is 31.2. The number of carbonyl (C=O) groups excluding carboxylic acids is 1. The molecule has 2 N–H and O–H groups in total. The maximum absolute atomic E-state index is 15.6. The molecule has 1 aliphatic carbocycles. The SMILES string of the molecule is COC1(c2cc(F)c(-c3ccc4cnc(Cc5cnccc5N5C[C@@H](N)[C@@H](N(C)C(C)=O)[C@@H](C)C5)n4n3)c(F)c2)CCCC1. The van der Waals surface area contributed by atoms with Gasteiger partial charge in [-0.2, -0.15) is 5.10 Å². The molecular weight excluding hydrogens is 564 g/mol. The molecule has 6 rings (SSSR count). The summed E-state index contributed by atoms with van der Waals surface area (Å²) in [5.74, 6) is -0.585. The van der Waals surface area contributed by atoms with Crippen LogP contribution in [0.25, 0.3) is 16.8 Å². The zero-order valence-electron chi connectivity index (χ0n) is 25.6. The highest BCUT2D eigenvalue weighted by molar-refractivity contribution is 5.73. The van der Waals surface area contributed by atoms with Gasteiger partial charge in [-0.15, -0.1) is 0 Å². The summed E-state index contributed by atoms with van der Waals surface area (Å²) < 4.78 is 38.5. The van der Waals surface area contributed by atoms with Crippen LogP contribution in [0.3, 0.4) is 0 Å². The second-order valence-electron chi connectivity index (χ2n) is 12.3. The van der Waals surface area contributed by atoms with Crippen molar-refractivity contribution in [1.29, 1.82) is 0 Å². The number of fused-ring (bicyclic) bond motifs is 1. The molecule has 0 unspecified atom stereocenters. The molecule has 1 saturated carbocycles. The number of ether oxygens (including phenoxy) is 1. The summed E-state index contributed by atoms with van der Waals surface area (Å²) in [6.07, 6.45) is 9.03. The number of carbonyl (C=O) groups is 1. The Morgan fingerprint density at radius 1 is 1.14 bits per heavy atom. The number of halogens is 2. The van der Waals surface area contributed by atoms with Crippen LogP contribution in [0, 0.1) is 17.6 Å². The van der Waals surface area contributed by atoms with Crippen LogP contribution in [-0.4, -0.2) is 69.7 Å². The third-order valence-corrected chi connectivity index (χ3v) is 9.55. The van der Waals surface area contributed by atoms with Crippen LogP contribution in [0.1, 0.15) is 56.5 Å². The van der Waals surface area contributed by atoms with Crippen molar-refractivity contribution in [3.63, 3.8) is 0 Å². The van der Waals surface area contributed by atoms with Gasteiger partial charge in [-0.3, -0.25) is 9.78 Å². The normalized spacial score (nSPS) is 21.6. The number of hydrogen-bond acceptors (Lipinski definition) is 7. The number of nitrogens with two attached hydrogens (primary N) is 1. The summed E-state index contributed by atoms with van der Waals surface area (Å²) in [6.45, 7) is 4.97. The lowest BCUT2D eigenvalue weighted by Crippen LogP contribution is -2.62. The zero-order valence-corrected chi connectivity index (χ0v) is 25.6. The van der Waals surface area contributed by atoms with Crippen molar-refractivity contribution in [1.82, 2.24) is 24.5 Å². The number of hydrogen-bond donors (Lipinski definition) is 1. The third-order valence-electron chi connectivity index (χ3n) is 9.55. The summed E-state index contributed by atoms with van der Waals surface area (Å²) in [4.78, 5) is 25.0. The van der Waals surface area contributed by atoms with Gasteiger partial charge >= 0.3 is 0 Å². The minimum Gasteiger partial charge on any atom is -0.374 e. The van der Waals surface area contributed by atoms with Crippen molar-refractivity contribution in [2.24, 2.45) is 11.7 Å². The molecule has 4 aromatic rings. The monoisotopic (exact) mass is 603 g/mol. The summed E-state index contributed by atoms with van der Waals surface area (Å²) in [7, 11) is 3.41. The lowest BCUT2D eigenvalue weighted by Gasteiger charge is -2.46. The molecule has 2 fully saturated rings. The van der Waals surface area contributed by atoms with Crippen molar-refractivity contribution in [3.05, 3.63) is 77.5 Å². The predicted molar refractivity (Wildman–Crippen MR) is 164 cm³/mol. The smallest absolute Gasteiger partial charge is 0.219 e. The van der Waals surface area contributed by atoms with Gasteiger partial charge in [-0.1, -0.05) is 19.8 Å². The largest absolute Gasteiger partial charge is 0.374 e. The lowest BCUT2D eigenvalue weighted by atomic mass is 9.88. The van der Waals surface area contributed by atoms with Crippen molar-refractivity contribution in [3.8, 4) is 11.3 Å². The van der Waals surface area contributed by atoms with Crippen molar-refractivity contribution < 1.29 is 18.3 Å². The van der Waals surface area contributed by atoms with Gasteiger partial charge in [0.1, 0.15) is 17.5 Å². The second-order valence-corrected chi connectivity index (χ2v) is 12.3. The Labute approximate surface area is 256 Å². The Morgan fingerprint density at radius 2 is 1.86 bits per heavy atom. The van der Waals surface area contributed by atoms with E-state index in [2.05, 4.69) is 26.9 Å². The Bertz CT molecular complexity index is 1650. The molecule has 232 valence electrons. The molecule has 1 aromatic carbocycles. The average molecular weight is 604 g/mol. The predicted octanol–water partition coefficient (Wildman–Crippen LogP) is 4.71. The van der Waals surface area contributed by atoms with Crippen LogP contribution in [0.15, 0.2) is 48.9 Å². The fourth-order valence-electron chi connectivity index (χ4n) is 7.25. The van der Waals surface area contributed by atoms with E-state index in [-0.39, 0.29) is 35.2 Å². The highest BCUT2D eigenvalue weighted by atomic mass is 19.1. The van der Waals surface area contributed by atoms with Crippen LogP contribution in [0.5, 0.6) is 0 Å². The quantitative estimate of drug-likeness (QED) is 0.327. The second kappa shape index (κ2) is 11.9. The van der Waals surface area contributed by atoms with Crippen LogP contribution < -0.4 is 10.6 Å². The Kier molecular flexibility index (Phi) is 8.10. The topological polar surface area (TPSA) is 102 Å². The molecule has 3 aromatic heterocycles.